The maximum absolute atomic E-state index is 12.6. The molecule has 0 fully saturated rings. The zero-order valence-corrected chi connectivity index (χ0v) is 18.0. The first-order valence-corrected chi connectivity index (χ1v) is 10.3. The summed E-state index contributed by atoms with van der Waals surface area (Å²) < 4.78 is 0. The van der Waals surface area contributed by atoms with Crippen molar-refractivity contribution in [3.05, 3.63) is 89.8 Å². The number of imide groups is 1. The van der Waals surface area contributed by atoms with E-state index in [1.54, 1.807) is 42.6 Å². The van der Waals surface area contributed by atoms with Crippen molar-refractivity contribution < 1.29 is 11.0 Å². The average molecular weight is 433 g/mol. The number of hydrogen-bond acceptors (Lipinski definition) is 6. The fourth-order valence-electron chi connectivity index (χ4n) is 2.77. The summed E-state index contributed by atoms with van der Waals surface area (Å²) in [6, 6.07) is 18.1. The first-order valence-electron chi connectivity index (χ1n) is 9.50. The molecular formula is C24H24N4O2S. The summed E-state index contributed by atoms with van der Waals surface area (Å²) in [6.07, 6.45) is 5.12. The van der Waals surface area contributed by atoms with E-state index in [1.165, 1.54) is 25.7 Å². The van der Waals surface area contributed by atoms with Gasteiger partial charge in [0.1, 0.15) is 0 Å². The number of nitrogens with zero attached hydrogens (tertiary/aromatic N) is 2. The normalized spacial score (nSPS) is 10.8. The zero-order chi connectivity index (χ0) is 22.4. The molecule has 1 heterocycles. The summed E-state index contributed by atoms with van der Waals surface area (Å²) in [6.45, 7) is 1.35. The van der Waals surface area contributed by atoms with Gasteiger partial charge in [-0.3, -0.25) is 19.5 Å². The first-order chi connectivity index (χ1) is 14.9. The van der Waals surface area contributed by atoms with Crippen LogP contribution < -0.4 is 5.73 Å². The molecule has 3 aromatic rings. The van der Waals surface area contributed by atoms with Gasteiger partial charge in [-0.1, -0.05) is 30.0 Å². The number of rotatable bonds is 6. The van der Waals surface area contributed by atoms with Crippen LogP contribution in [0, 0.1) is 5.41 Å². The van der Waals surface area contributed by atoms with Gasteiger partial charge < -0.3 is 11.1 Å². The van der Waals surface area contributed by atoms with Gasteiger partial charge in [0.15, 0.2) is 0 Å². The summed E-state index contributed by atoms with van der Waals surface area (Å²) in [5.41, 5.74) is 8.76. The van der Waals surface area contributed by atoms with Gasteiger partial charge in [-0.05, 0) is 54.6 Å². The Morgan fingerprint density at radius 2 is 1.84 bits per heavy atom. The lowest BCUT2D eigenvalue weighted by molar-refractivity contribution is -0.125. The standard InChI is InChI=1S/C24H22N4O2S.H2/c1-16(29)28(2)24(30)20-8-3-4-9-23(20)31-18-11-12-19(22(26)15-18)21(25)13-10-17-7-5-6-14-27-17;/h3-15,25H,26H2,1-2H3;1H/b13-10+,25-21?;. The molecule has 0 unspecified atom stereocenters. The number of anilines is 1. The second-order valence-corrected chi connectivity index (χ2v) is 7.85. The second kappa shape index (κ2) is 9.86. The number of amides is 2. The van der Waals surface area contributed by atoms with Gasteiger partial charge in [-0.2, -0.15) is 0 Å². The number of nitrogens with one attached hydrogen (secondary N) is 1. The van der Waals surface area contributed by atoms with Gasteiger partial charge in [-0.15, -0.1) is 0 Å². The van der Waals surface area contributed by atoms with E-state index in [0.29, 0.717) is 16.8 Å². The van der Waals surface area contributed by atoms with Crippen molar-refractivity contribution in [3.63, 3.8) is 0 Å². The Bertz CT molecular complexity index is 1170. The van der Waals surface area contributed by atoms with Crippen LogP contribution in [0.15, 0.2) is 82.7 Å². The second-order valence-electron chi connectivity index (χ2n) is 6.73. The van der Waals surface area contributed by atoms with Crippen LogP contribution in [0.1, 0.15) is 30.0 Å². The highest BCUT2D eigenvalue weighted by Crippen LogP contribution is 2.33. The van der Waals surface area contributed by atoms with Crippen LogP contribution in [0.2, 0.25) is 0 Å². The van der Waals surface area contributed by atoms with Crippen molar-refractivity contribution >= 4 is 41.1 Å². The van der Waals surface area contributed by atoms with E-state index in [-0.39, 0.29) is 19.0 Å². The molecule has 0 spiro atoms. The third-order valence-corrected chi connectivity index (χ3v) is 5.61. The first kappa shape index (κ1) is 22.0. The Morgan fingerprint density at radius 3 is 2.52 bits per heavy atom. The maximum atomic E-state index is 12.6. The number of benzene rings is 2. The number of pyridine rings is 1. The van der Waals surface area contributed by atoms with Crippen LogP contribution in [0.25, 0.3) is 6.08 Å². The molecule has 3 N–H and O–H groups in total. The molecule has 31 heavy (non-hydrogen) atoms. The molecule has 3 rings (SSSR count). The van der Waals surface area contributed by atoms with Crippen molar-refractivity contribution in [2.24, 2.45) is 0 Å². The minimum absolute atomic E-state index is 0. The van der Waals surface area contributed by atoms with Gasteiger partial charge in [0.05, 0.1) is 17.0 Å². The van der Waals surface area contributed by atoms with Crippen LogP contribution in [-0.2, 0) is 4.79 Å². The SMILES string of the molecule is CC(=O)N(C)C(=O)c1ccccc1Sc1ccc(C(=N)/C=C/c2ccccn2)c(N)c1.[HH]. The highest BCUT2D eigenvalue weighted by molar-refractivity contribution is 7.99. The molecular weight excluding hydrogens is 408 g/mol. The van der Waals surface area contributed by atoms with Crippen molar-refractivity contribution in [2.45, 2.75) is 16.7 Å². The number of nitrogen functional groups attached to an aromatic ring is 1. The molecule has 6 nitrogen and oxygen atoms in total. The largest absolute Gasteiger partial charge is 0.398 e. The topological polar surface area (TPSA) is 100 Å². The van der Waals surface area contributed by atoms with E-state index in [9.17, 15) is 9.59 Å². The maximum Gasteiger partial charge on any atom is 0.261 e. The lowest BCUT2D eigenvalue weighted by Crippen LogP contribution is -2.31. The van der Waals surface area contributed by atoms with Gasteiger partial charge in [-0.25, -0.2) is 0 Å². The number of carbonyl (C=O) groups excluding carboxylic acids is 2. The monoisotopic (exact) mass is 432 g/mol. The summed E-state index contributed by atoms with van der Waals surface area (Å²) in [5.74, 6) is -0.683. The van der Waals surface area contributed by atoms with Crippen molar-refractivity contribution in [3.8, 4) is 0 Å². The number of nitrogens with two attached hydrogens (primary N) is 1. The summed E-state index contributed by atoms with van der Waals surface area (Å²) in [4.78, 5) is 31.0. The zero-order valence-electron chi connectivity index (χ0n) is 17.2. The van der Waals surface area contributed by atoms with Crippen LogP contribution in [0.3, 0.4) is 0 Å². The molecule has 0 saturated carbocycles. The molecule has 0 saturated heterocycles. The molecule has 0 aliphatic rings. The van der Waals surface area contributed by atoms with Gasteiger partial charge in [0.25, 0.3) is 5.91 Å². The molecule has 158 valence electrons. The van der Waals surface area contributed by atoms with Crippen LogP contribution in [0.4, 0.5) is 5.69 Å². The lowest BCUT2D eigenvalue weighted by Gasteiger charge is -2.15. The average Bonchev–Trinajstić information content (AvgIpc) is 2.77. The molecule has 0 radical (unpaired) electrons. The highest BCUT2D eigenvalue weighted by Gasteiger charge is 2.19. The fraction of sp³-hybridized carbons (Fsp3) is 0.0833. The Kier molecular flexibility index (Phi) is 6.99. The minimum Gasteiger partial charge on any atom is -0.398 e. The number of hydrogen-bond donors (Lipinski definition) is 2. The van der Waals surface area contributed by atoms with E-state index in [2.05, 4.69) is 4.98 Å². The Balaban J connectivity index is 0.00000363. The molecule has 0 atom stereocenters. The predicted octanol–water partition coefficient (Wildman–Crippen LogP) is 4.76. The van der Waals surface area contributed by atoms with Crippen LogP contribution in [0.5, 0.6) is 0 Å². The van der Waals surface area contributed by atoms with Crippen LogP contribution in [-0.4, -0.2) is 34.5 Å². The van der Waals surface area contributed by atoms with E-state index in [0.717, 1.165) is 20.4 Å². The van der Waals surface area contributed by atoms with Gasteiger partial charge in [0, 0.05) is 42.6 Å². The predicted molar refractivity (Wildman–Crippen MR) is 126 cm³/mol. The quantitative estimate of drug-likeness (QED) is 0.432. The number of carbonyl (C=O) groups is 2. The molecule has 7 heteroatoms. The fourth-order valence-corrected chi connectivity index (χ4v) is 3.75. The van der Waals surface area contributed by atoms with Crippen molar-refractivity contribution in [2.75, 3.05) is 12.8 Å². The molecule has 1 aromatic heterocycles. The van der Waals surface area contributed by atoms with Crippen molar-refractivity contribution in [1.82, 2.24) is 9.88 Å². The Morgan fingerprint density at radius 1 is 1.10 bits per heavy atom. The van der Waals surface area contributed by atoms with E-state index in [4.69, 9.17) is 11.1 Å². The molecule has 0 aliphatic carbocycles. The lowest BCUT2D eigenvalue weighted by atomic mass is 10.1. The van der Waals surface area contributed by atoms with Crippen LogP contribution >= 0.6 is 11.8 Å². The third-order valence-electron chi connectivity index (χ3n) is 4.54. The van der Waals surface area contributed by atoms with E-state index >= 15 is 0 Å². The summed E-state index contributed by atoms with van der Waals surface area (Å²) in [5, 5.41) is 8.31. The van der Waals surface area contributed by atoms with E-state index in [1.807, 2.05) is 36.4 Å². The minimum atomic E-state index is -0.360. The summed E-state index contributed by atoms with van der Waals surface area (Å²) >= 11 is 1.38. The Labute approximate surface area is 186 Å². The third kappa shape index (κ3) is 5.46. The van der Waals surface area contributed by atoms with Gasteiger partial charge >= 0.3 is 0 Å². The smallest absolute Gasteiger partial charge is 0.261 e. The highest BCUT2D eigenvalue weighted by atomic mass is 32.2. The molecule has 0 aliphatic heterocycles. The molecule has 2 aromatic carbocycles. The van der Waals surface area contributed by atoms with Crippen molar-refractivity contribution in [1.29, 1.82) is 5.41 Å². The Hall–Kier alpha value is -3.71. The molecule has 0 bridgehead atoms. The van der Waals surface area contributed by atoms with E-state index < -0.39 is 0 Å². The number of aromatic nitrogens is 1. The van der Waals surface area contributed by atoms with Gasteiger partial charge in [0.2, 0.25) is 5.91 Å². The number of allylic oxidation sites excluding steroid dienone is 1. The summed E-state index contributed by atoms with van der Waals surface area (Å²) in [7, 11) is 1.46. The molecule has 2 amide bonds.